The Labute approximate surface area is 87.4 Å². The molecule has 4 N–H and O–H groups in total. The number of hydrogen-bond acceptors (Lipinski definition) is 6. The van der Waals surface area contributed by atoms with Crippen LogP contribution in [-0.4, -0.2) is 64.3 Å². The first kappa shape index (κ1) is 12.6. The van der Waals surface area contributed by atoms with E-state index >= 15 is 0 Å². The summed E-state index contributed by atoms with van der Waals surface area (Å²) in [5.74, 6) is 0. The topological polar surface area (TPSA) is 99.4 Å². The summed E-state index contributed by atoms with van der Waals surface area (Å²) in [6, 6.07) is 0. The van der Waals surface area contributed by atoms with Gasteiger partial charge in [-0.2, -0.15) is 0 Å². The molecular formula is C9H16O6. The van der Waals surface area contributed by atoms with Crippen molar-refractivity contribution in [3.8, 4) is 0 Å². The second kappa shape index (κ2) is 5.55. The van der Waals surface area contributed by atoms with E-state index < -0.39 is 37.3 Å². The Bertz CT molecular complexity index is 209. The van der Waals surface area contributed by atoms with Crippen LogP contribution < -0.4 is 0 Å². The lowest BCUT2D eigenvalue weighted by Gasteiger charge is -2.39. The van der Waals surface area contributed by atoms with Crippen molar-refractivity contribution in [3.05, 3.63) is 12.7 Å². The van der Waals surface area contributed by atoms with Gasteiger partial charge in [0.05, 0.1) is 13.2 Å². The third-order valence-corrected chi connectivity index (χ3v) is 2.25. The molecule has 0 radical (unpaired) electrons. The SMILES string of the molecule is C=CCO[C@@H]1[C@@H](O)[C@H](O)O[C@H](CO)[C@H]1O. The molecule has 1 aliphatic heterocycles. The van der Waals surface area contributed by atoms with Crippen LogP contribution in [0.4, 0.5) is 0 Å². The fourth-order valence-electron chi connectivity index (χ4n) is 1.44. The zero-order chi connectivity index (χ0) is 11.4. The lowest BCUT2D eigenvalue weighted by Crippen LogP contribution is -2.59. The molecule has 0 unspecified atom stereocenters. The van der Waals surface area contributed by atoms with Gasteiger partial charge in [-0.15, -0.1) is 6.58 Å². The van der Waals surface area contributed by atoms with Gasteiger partial charge < -0.3 is 29.9 Å². The van der Waals surface area contributed by atoms with E-state index in [4.69, 9.17) is 14.6 Å². The van der Waals surface area contributed by atoms with E-state index in [0.29, 0.717) is 0 Å². The van der Waals surface area contributed by atoms with Crippen molar-refractivity contribution in [1.29, 1.82) is 0 Å². The third kappa shape index (κ3) is 2.75. The predicted molar refractivity (Wildman–Crippen MR) is 49.9 cm³/mol. The van der Waals surface area contributed by atoms with Crippen LogP contribution in [0.3, 0.4) is 0 Å². The summed E-state index contributed by atoms with van der Waals surface area (Å²) in [7, 11) is 0. The zero-order valence-electron chi connectivity index (χ0n) is 8.19. The molecule has 1 aliphatic rings. The highest BCUT2D eigenvalue weighted by Crippen LogP contribution is 2.22. The smallest absolute Gasteiger partial charge is 0.184 e. The molecule has 0 aromatic carbocycles. The molecule has 0 amide bonds. The fourth-order valence-corrected chi connectivity index (χ4v) is 1.44. The van der Waals surface area contributed by atoms with E-state index in [1.807, 2.05) is 0 Å². The number of rotatable bonds is 4. The maximum Gasteiger partial charge on any atom is 0.184 e. The summed E-state index contributed by atoms with van der Waals surface area (Å²) in [6.07, 6.45) is -4.51. The molecular weight excluding hydrogens is 204 g/mol. The van der Waals surface area contributed by atoms with Crippen molar-refractivity contribution in [1.82, 2.24) is 0 Å². The zero-order valence-corrected chi connectivity index (χ0v) is 8.19. The summed E-state index contributed by atoms with van der Waals surface area (Å²) in [4.78, 5) is 0. The van der Waals surface area contributed by atoms with Crippen molar-refractivity contribution in [2.45, 2.75) is 30.7 Å². The first-order valence-corrected chi connectivity index (χ1v) is 4.64. The van der Waals surface area contributed by atoms with E-state index in [1.165, 1.54) is 6.08 Å². The Balaban J connectivity index is 2.65. The Morgan fingerprint density at radius 3 is 2.47 bits per heavy atom. The van der Waals surface area contributed by atoms with E-state index in [0.717, 1.165) is 0 Å². The number of aliphatic hydroxyl groups is 4. The molecule has 6 heteroatoms. The lowest BCUT2D eigenvalue weighted by atomic mass is 9.99. The van der Waals surface area contributed by atoms with Crippen LogP contribution in [0.2, 0.25) is 0 Å². The summed E-state index contributed by atoms with van der Waals surface area (Å²) in [6.45, 7) is 3.09. The Morgan fingerprint density at radius 2 is 1.93 bits per heavy atom. The monoisotopic (exact) mass is 220 g/mol. The predicted octanol–water partition coefficient (Wildman–Crippen LogP) is -2.01. The Kier molecular flexibility index (Phi) is 4.65. The Morgan fingerprint density at radius 1 is 1.27 bits per heavy atom. The number of aliphatic hydroxyl groups excluding tert-OH is 4. The van der Waals surface area contributed by atoms with Crippen LogP contribution >= 0.6 is 0 Å². The summed E-state index contributed by atoms with van der Waals surface area (Å²) in [5, 5.41) is 37.2. The molecule has 1 rings (SSSR count). The van der Waals surface area contributed by atoms with Gasteiger partial charge in [-0.05, 0) is 0 Å². The average Bonchev–Trinajstić information content (AvgIpc) is 2.23. The molecule has 0 spiro atoms. The minimum absolute atomic E-state index is 0.129. The van der Waals surface area contributed by atoms with Crippen LogP contribution in [0.5, 0.6) is 0 Å². The van der Waals surface area contributed by atoms with E-state index in [9.17, 15) is 15.3 Å². The molecule has 0 aromatic rings. The summed E-state index contributed by atoms with van der Waals surface area (Å²) < 4.78 is 9.86. The quantitative estimate of drug-likeness (QED) is 0.408. The summed E-state index contributed by atoms with van der Waals surface area (Å²) in [5.41, 5.74) is 0. The highest BCUT2D eigenvalue weighted by Gasteiger charge is 2.44. The average molecular weight is 220 g/mol. The maximum absolute atomic E-state index is 9.63. The molecule has 0 aliphatic carbocycles. The second-order valence-electron chi connectivity index (χ2n) is 3.32. The molecule has 0 aromatic heterocycles. The third-order valence-electron chi connectivity index (χ3n) is 2.25. The van der Waals surface area contributed by atoms with Gasteiger partial charge in [0.1, 0.15) is 24.4 Å². The largest absolute Gasteiger partial charge is 0.394 e. The van der Waals surface area contributed by atoms with Gasteiger partial charge in [0.2, 0.25) is 0 Å². The molecule has 0 bridgehead atoms. The number of hydrogen-bond donors (Lipinski definition) is 4. The van der Waals surface area contributed by atoms with Gasteiger partial charge in [0.25, 0.3) is 0 Å². The van der Waals surface area contributed by atoms with Crippen molar-refractivity contribution in [2.75, 3.05) is 13.2 Å². The van der Waals surface area contributed by atoms with E-state index in [1.54, 1.807) is 0 Å². The molecule has 1 saturated heterocycles. The Hall–Kier alpha value is -0.500. The molecule has 1 heterocycles. The van der Waals surface area contributed by atoms with Gasteiger partial charge in [0, 0.05) is 0 Å². The minimum Gasteiger partial charge on any atom is -0.394 e. The van der Waals surface area contributed by atoms with Crippen LogP contribution in [-0.2, 0) is 9.47 Å². The van der Waals surface area contributed by atoms with E-state index in [-0.39, 0.29) is 6.61 Å². The van der Waals surface area contributed by atoms with Crippen molar-refractivity contribution < 1.29 is 29.9 Å². The van der Waals surface area contributed by atoms with Crippen molar-refractivity contribution in [2.24, 2.45) is 0 Å². The first-order valence-electron chi connectivity index (χ1n) is 4.64. The highest BCUT2D eigenvalue weighted by atomic mass is 16.6. The highest BCUT2D eigenvalue weighted by molar-refractivity contribution is 4.90. The summed E-state index contributed by atoms with van der Waals surface area (Å²) >= 11 is 0. The fraction of sp³-hybridized carbons (Fsp3) is 0.778. The lowest BCUT2D eigenvalue weighted by molar-refractivity contribution is -0.292. The van der Waals surface area contributed by atoms with Gasteiger partial charge in [0.15, 0.2) is 6.29 Å². The number of ether oxygens (including phenoxy) is 2. The standard InChI is InChI=1S/C9H16O6/c1-2-3-14-8-6(11)5(4-10)15-9(13)7(8)12/h2,5-13H,1,3-4H2/t5-,6-,7-,8+,9-/m1/s1. The van der Waals surface area contributed by atoms with Crippen LogP contribution in [0.1, 0.15) is 0 Å². The molecule has 1 fully saturated rings. The minimum atomic E-state index is -1.47. The van der Waals surface area contributed by atoms with Crippen LogP contribution in [0.25, 0.3) is 0 Å². The van der Waals surface area contributed by atoms with Gasteiger partial charge in [-0.1, -0.05) is 6.08 Å². The molecule has 6 nitrogen and oxygen atoms in total. The second-order valence-corrected chi connectivity index (χ2v) is 3.32. The van der Waals surface area contributed by atoms with Crippen molar-refractivity contribution >= 4 is 0 Å². The molecule has 0 saturated carbocycles. The molecule has 15 heavy (non-hydrogen) atoms. The van der Waals surface area contributed by atoms with E-state index in [2.05, 4.69) is 6.58 Å². The van der Waals surface area contributed by atoms with Gasteiger partial charge in [-0.3, -0.25) is 0 Å². The molecule has 88 valence electrons. The van der Waals surface area contributed by atoms with Crippen LogP contribution in [0, 0.1) is 0 Å². The molecule has 5 atom stereocenters. The maximum atomic E-state index is 9.63. The van der Waals surface area contributed by atoms with Crippen LogP contribution in [0.15, 0.2) is 12.7 Å². The first-order chi connectivity index (χ1) is 7.11. The van der Waals surface area contributed by atoms with Crippen molar-refractivity contribution in [3.63, 3.8) is 0 Å². The normalized spacial score (nSPS) is 41.5. The van der Waals surface area contributed by atoms with Gasteiger partial charge >= 0.3 is 0 Å². The van der Waals surface area contributed by atoms with Gasteiger partial charge in [-0.25, -0.2) is 0 Å².